The summed E-state index contributed by atoms with van der Waals surface area (Å²) in [6.45, 7) is 2.99. The molecule has 0 aliphatic carbocycles. The van der Waals surface area contributed by atoms with E-state index in [0.717, 1.165) is 17.5 Å². The molecule has 3 aromatic rings. The molecule has 0 heterocycles. The molecule has 0 saturated carbocycles. The molecule has 1 amide bonds. The number of nitrogens with one attached hydrogen (secondary N) is 1. The van der Waals surface area contributed by atoms with Crippen LogP contribution in [0, 0.1) is 0 Å². The second kappa shape index (κ2) is 10.2. The second-order valence-electron chi connectivity index (χ2n) is 6.98. The molecule has 0 radical (unpaired) electrons. The van der Waals surface area contributed by atoms with Crippen LogP contribution in [0.1, 0.15) is 28.4 Å². The van der Waals surface area contributed by atoms with Gasteiger partial charge in [-0.3, -0.25) is 4.79 Å². The van der Waals surface area contributed by atoms with Gasteiger partial charge in [0.05, 0.1) is 4.90 Å². The minimum absolute atomic E-state index is 0.0953. The van der Waals surface area contributed by atoms with Crippen molar-refractivity contribution >= 4 is 15.9 Å². The van der Waals surface area contributed by atoms with E-state index in [0.29, 0.717) is 18.7 Å². The normalized spacial score (nSPS) is 11.2. The van der Waals surface area contributed by atoms with Crippen LogP contribution >= 0.6 is 0 Å². The van der Waals surface area contributed by atoms with Crippen LogP contribution in [0.15, 0.2) is 89.8 Å². The molecule has 156 valence electrons. The standard InChI is InChI=1S/C24H26N2O3S/c1-2-25-30(28,29)23-15-9-14-22(18-23)24(27)26(19-21-12-7-4-8-13-21)17-16-20-10-5-3-6-11-20/h3-15,18,25H,2,16-17,19H2,1H3. The molecule has 1 N–H and O–H groups in total. The molecule has 3 aromatic carbocycles. The topological polar surface area (TPSA) is 66.5 Å². The predicted molar refractivity (Wildman–Crippen MR) is 119 cm³/mol. The van der Waals surface area contributed by atoms with Crippen LogP contribution in [-0.2, 0) is 23.0 Å². The van der Waals surface area contributed by atoms with Crippen molar-refractivity contribution in [2.24, 2.45) is 0 Å². The third-order valence-corrected chi connectivity index (χ3v) is 6.29. The van der Waals surface area contributed by atoms with Crippen molar-refractivity contribution in [2.45, 2.75) is 24.8 Å². The number of nitrogens with zero attached hydrogens (tertiary/aromatic N) is 1. The highest BCUT2D eigenvalue weighted by Gasteiger charge is 2.19. The molecular formula is C24H26N2O3S. The molecule has 0 aliphatic heterocycles. The smallest absolute Gasteiger partial charge is 0.254 e. The van der Waals surface area contributed by atoms with Crippen molar-refractivity contribution in [1.82, 2.24) is 9.62 Å². The van der Waals surface area contributed by atoms with Crippen LogP contribution in [0.4, 0.5) is 0 Å². The molecule has 6 heteroatoms. The Labute approximate surface area is 178 Å². The molecule has 0 unspecified atom stereocenters. The average molecular weight is 423 g/mol. The fraction of sp³-hybridized carbons (Fsp3) is 0.208. The first-order chi connectivity index (χ1) is 14.5. The Balaban J connectivity index is 1.85. The summed E-state index contributed by atoms with van der Waals surface area (Å²) >= 11 is 0. The zero-order chi connectivity index (χ0) is 21.4. The first-order valence-electron chi connectivity index (χ1n) is 9.96. The minimum atomic E-state index is -3.63. The summed E-state index contributed by atoms with van der Waals surface area (Å²) in [5, 5.41) is 0. The Morgan fingerprint density at radius 3 is 2.13 bits per heavy atom. The van der Waals surface area contributed by atoms with Crippen LogP contribution in [0.5, 0.6) is 0 Å². The summed E-state index contributed by atoms with van der Waals surface area (Å²) in [6, 6.07) is 26.0. The highest BCUT2D eigenvalue weighted by Crippen LogP contribution is 2.16. The molecule has 0 aliphatic rings. The van der Waals surface area contributed by atoms with Crippen LogP contribution in [0.3, 0.4) is 0 Å². The first-order valence-corrected chi connectivity index (χ1v) is 11.4. The van der Waals surface area contributed by atoms with Gasteiger partial charge < -0.3 is 4.90 Å². The number of carbonyl (C=O) groups excluding carboxylic acids is 1. The van der Waals surface area contributed by atoms with E-state index in [2.05, 4.69) is 4.72 Å². The number of hydrogen-bond donors (Lipinski definition) is 1. The Hall–Kier alpha value is -2.96. The highest BCUT2D eigenvalue weighted by molar-refractivity contribution is 7.89. The lowest BCUT2D eigenvalue weighted by atomic mass is 10.1. The monoisotopic (exact) mass is 422 g/mol. The van der Waals surface area contributed by atoms with E-state index >= 15 is 0 Å². The van der Waals surface area contributed by atoms with E-state index in [9.17, 15) is 13.2 Å². The quantitative estimate of drug-likeness (QED) is 0.569. The number of carbonyl (C=O) groups is 1. The van der Waals surface area contributed by atoms with Crippen molar-refractivity contribution in [2.75, 3.05) is 13.1 Å². The molecule has 0 atom stereocenters. The largest absolute Gasteiger partial charge is 0.334 e. The summed E-state index contributed by atoms with van der Waals surface area (Å²) in [5.74, 6) is -0.191. The fourth-order valence-corrected chi connectivity index (χ4v) is 4.30. The Morgan fingerprint density at radius 2 is 1.50 bits per heavy atom. The van der Waals surface area contributed by atoms with Crippen molar-refractivity contribution in [3.05, 3.63) is 102 Å². The summed E-state index contributed by atoms with van der Waals surface area (Å²) < 4.78 is 27.2. The maximum atomic E-state index is 13.3. The number of benzene rings is 3. The summed E-state index contributed by atoms with van der Waals surface area (Å²) in [6.07, 6.45) is 0.717. The molecule has 3 rings (SSSR count). The zero-order valence-electron chi connectivity index (χ0n) is 17.0. The van der Waals surface area contributed by atoms with Gasteiger partial charge in [-0.2, -0.15) is 0 Å². The minimum Gasteiger partial charge on any atom is -0.334 e. The van der Waals surface area contributed by atoms with Gasteiger partial charge in [-0.1, -0.05) is 73.7 Å². The molecular weight excluding hydrogens is 396 g/mol. The van der Waals surface area contributed by atoms with Crippen LogP contribution in [0.25, 0.3) is 0 Å². The van der Waals surface area contributed by atoms with Crippen molar-refractivity contribution < 1.29 is 13.2 Å². The third-order valence-electron chi connectivity index (χ3n) is 4.74. The Bertz CT molecular complexity index is 1070. The molecule has 0 fully saturated rings. The van der Waals surface area contributed by atoms with Gasteiger partial charge in [-0.15, -0.1) is 0 Å². The number of rotatable bonds is 9. The SMILES string of the molecule is CCNS(=O)(=O)c1cccc(C(=O)N(CCc2ccccc2)Cc2ccccc2)c1. The van der Waals surface area contributed by atoms with Crippen LogP contribution < -0.4 is 4.72 Å². The molecule has 0 saturated heterocycles. The maximum Gasteiger partial charge on any atom is 0.254 e. The predicted octanol–water partition coefficient (Wildman–Crippen LogP) is 3.87. The molecule has 0 spiro atoms. The maximum absolute atomic E-state index is 13.3. The Kier molecular flexibility index (Phi) is 7.38. The van der Waals surface area contributed by atoms with Gasteiger partial charge in [-0.25, -0.2) is 13.1 Å². The first kappa shape index (κ1) is 21.7. The number of sulfonamides is 1. The van der Waals surface area contributed by atoms with Gasteiger partial charge in [0.25, 0.3) is 5.91 Å². The van der Waals surface area contributed by atoms with Crippen LogP contribution in [0.2, 0.25) is 0 Å². The Morgan fingerprint density at radius 1 is 0.867 bits per heavy atom. The number of amides is 1. The van der Waals surface area contributed by atoms with E-state index in [1.54, 1.807) is 24.0 Å². The summed E-state index contributed by atoms with van der Waals surface area (Å²) in [4.78, 5) is 15.2. The second-order valence-corrected chi connectivity index (χ2v) is 8.74. The van der Waals surface area contributed by atoms with Gasteiger partial charge >= 0.3 is 0 Å². The van der Waals surface area contributed by atoms with E-state index in [1.807, 2.05) is 60.7 Å². The van der Waals surface area contributed by atoms with Gasteiger partial charge in [0.1, 0.15) is 0 Å². The van der Waals surface area contributed by atoms with E-state index in [-0.39, 0.29) is 17.3 Å². The van der Waals surface area contributed by atoms with E-state index in [1.165, 1.54) is 12.1 Å². The lowest BCUT2D eigenvalue weighted by Gasteiger charge is -2.23. The van der Waals surface area contributed by atoms with Gasteiger partial charge in [0.2, 0.25) is 10.0 Å². The molecule has 5 nitrogen and oxygen atoms in total. The highest BCUT2D eigenvalue weighted by atomic mass is 32.2. The average Bonchev–Trinajstić information content (AvgIpc) is 2.77. The van der Waals surface area contributed by atoms with E-state index < -0.39 is 10.0 Å². The molecule has 0 aromatic heterocycles. The van der Waals surface area contributed by atoms with Crippen molar-refractivity contribution in [3.63, 3.8) is 0 Å². The molecule has 0 bridgehead atoms. The number of hydrogen-bond acceptors (Lipinski definition) is 3. The summed E-state index contributed by atoms with van der Waals surface area (Å²) in [7, 11) is -3.63. The zero-order valence-corrected chi connectivity index (χ0v) is 17.8. The van der Waals surface area contributed by atoms with Crippen molar-refractivity contribution in [1.29, 1.82) is 0 Å². The van der Waals surface area contributed by atoms with Crippen LogP contribution in [-0.4, -0.2) is 32.3 Å². The van der Waals surface area contributed by atoms with Gasteiger partial charge in [0, 0.05) is 25.2 Å². The van der Waals surface area contributed by atoms with Gasteiger partial charge in [0.15, 0.2) is 0 Å². The third kappa shape index (κ3) is 5.78. The molecule has 30 heavy (non-hydrogen) atoms. The van der Waals surface area contributed by atoms with E-state index in [4.69, 9.17) is 0 Å². The van der Waals surface area contributed by atoms with Gasteiger partial charge in [-0.05, 0) is 35.7 Å². The summed E-state index contributed by atoms with van der Waals surface area (Å²) in [5.41, 5.74) is 2.53. The van der Waals surface area contributed by atoms with Crippen molar-refractivity contribution in [3.8, 4) is 0 Å². The lowest BCUT2D eigenvalue weighted by molar-refractivity contribution is 0.0745. The lowest BCUT2D eigenvalue weighted by Crippen LogP contribution is -2.33. The fourth-order valence-electron chi connectivity index (χ4n) is 3.22.